The number of rotatable bonds is 10. The summed E-state index contributed by atoms with van der Waals surface area (Å²) in [6.07, 6.45) is 1.94. The lowest BCUT2D eigenvalue weighted by Gasteiger charge is -2.22. The van der Waals surface area contributed by atoms with Gasteiger partial charge in [-0.1, -0.05) is 42.5 Å². The fraction of sp³-hybridized carbons (Fsp3) is 0.240. The first-order valence-corrected chi connectivity index (χ1v) is 10.8. The van der Waals surface area contributed by atoms with E-state index in [0.29, 0.717) is 17.8 Å². The van der Waals surface area contributed by atoms with E-state index >= 15 is 0 Å². The highest BCUT2D eigenvalue weighted by Gasteiger charge is 2.25. The van der Waals surface area contributed by atoms with Gasteiger partial charge in [-0.3, -0.25) is 9.59 Å². The zero-order valence-corrected chi connectivity index (χ0v) is 18.7. The van der Waals surface area contributed by atoms with Gasteiger partial charge in [-0.15, -0.1) is 0 Å². The van der Waals surface area contributed by atoms with Crippen LogP contribution in [0.3, 0.4) is 0 Å². The summed E-state index contributed by atoms with van der Waals surface area (Å²) in [6, 6.07) is 14.6. The van der Waals surface area contributed by atoms with E-state index in [0.717, 1.165) is 23.3 Å². The second-order valence-electron chi connectivity index (χ2n) is 7.85. The maximum absolute atomic E-state index is 13.7. The van der Waals surface area contributed by atoms with E-state index in [1.165, 1.54) is 12.3 Å². The summed E-state index contributed by atoms with van der Waals surface area (Å²) in [5.74, 6) is -2.50. The Labute approximate surface area is 196 Å². The Bertz CT molecular complexity index is 1110. The Balaban J connectivity index is 1.73. The van der Waals surface area contributed by atoms with Crippen molar-refractivity contribution >= 4 is 17.6 Å². The number of hydrogen-bond donors (Lipinski definition) is 4. The quantitative estimate of drug-likeness (QED) is 0.365. The largest absolute Gasteiger partial charge is 0.384 e. The van der Waals surface area contributed by atoms with Gasteiger partial charge in [0.2, 0.25) is 11.8 Å². The zero-order chi connectivity index (χ0) is 24.5. The van der Waals surface area contributed by atoms with Gasteiger partial charge in [0.15, 0.2) is 11.6 Å². The first-order chi connectivity index (χ1) is 16.4. The van der Waals surface area contributed by atoms with Crippen LogP contribution in [0, 0.1) is 11.6 Å². The van der Waals surface area contributed by atoms with Crippen molar-refractivity contribution in [2.45, 2.75) is 31.5 Å². The highest BCUT2D eigenvalue weighted by atomic mass is 19.2. The Morgan fingerprint density at radius 1 is 0.882 bits per heavy atom. The second kappa shape index (κ2) is 11.9. The van der Waals surface area contributed by atoms with Crippen molar-refractivity contribution in [3.05, 3.63) is 95.2 Å². The molecular formula is C25H27F2N5O2. The third-order valence-electron chi connectivity index (χ3n) is 5.32. The maximum atomic E-state index is 13.7. The van der Waals surface area contributed by atoms with Gasteiger partial charge in [0.1, 0.15) is 11.9 Å². The molecule has 0 aliphatic carbocycles. The standard InChI is InChI=1S/C25H27F2N5O2/c1-29-21(12-16-5-3-2-4-6-16)25(34)32-22(13-17-7-9-19(26)20(27)11-17)24(33)31-15-18-8-10-23(28)30-14-18/h2-11,14,21-22,29H,12-13,15H2,1H3,(H2,28,30)(H,31,33)(H,32,34)/t21-,22+/m0/s1. The van der Waals surface area contributed by atoms with Crippen molar-refractivity contribution in [1.82, 2.24) is 20.9 Å². The van der Waals surface area contributed by atoms with Gasteiger partial charge >= 0.3 is 0 Å². The van der Waals surface area contributed by atoms with E-state index in [-0.39, 0.29) is 18.9 Å². The number of pyridine rings is 1. The summed E-state index contributed by atoms with van der Waals surface area (Å²) in [5, 5.41) is 8.47. The third kappa shape index (κ3) is 7.08. The summed E-state index contributed by atoms with van der Waals surface area (Å²) in [6.45, 7) is 0.162. The van der Waals surface area contributed by atoms with Crippen molar-refractivity contribution in [3.8, 4) is 0 Å². The number of benzene rings is 2. The average molecular weight is 468 g/mol. The number of amides is 2. The summed E-state index contributed by atoms with van der Waals surface area (Å²) >= 11 is 0. The number of aromatic nitrogens is 1. The van der Waals surface area contributed by atoms with Crippen LogP contribution in [0.4, 0.5) is 14.6 Å². The molecule has 3 aromatic rings. The van der Waals surface area contributed by atoms with E-state index in [9.17, 15) is 18.4 Å². The monoisotopic (exact) mass is 467 g/mol. The first-order valence-electron chi connectivity index (χ1n) is 10.8. The molecule has 0 aliphatic rings. The number of hydrogen-bond acceptors (Lipinski definition) is 5. The predicted molar refractivity (Wildman–Crippen MR) is 125 cm³/mol. The molecule has 2 amide bonds. The van der Waals surface area contributed by atoms with Crippen molar-refractivity contribution in [2.24, 2.45) is 0 Å². The highest BCUT2D eigenvalue weighted by Crippen LogP contribution is 2.12. The van der Waals surface area contributed by atoms with Gasteiger partial charge in [-0.05, 0) is 48.4 Å². The summed E-state index contributed by atoms with van der Waals surface area (Å²) in [7, 11) is 1.66. The van der Waals surface area contributed by atoms with Crippen LogP contribution in [0.2, 0.25) is 0 Å². The van der Waals surface area contributed by atoms with Crippen molar-refractivity contribution in [3.63, 3.8) is 0 Å². The van der Waals surface area contributed by atoms with Gasteiger partial charge in [0.25, 0.3) is 0 Å². The molecule has 0 spiro atoms. The molecule has 0 fully saturated rings. The van der Waals surface area contributed by atoms with Gasteiger partial charge in [0.05, 0.1) is 6.04 Å². The second-order valence-corrected chi connectivity index (χ2v) is 7.85. The molecule has 1 heterocycles. The van der Waals surface area contributed by atoms with Crippen LogP contribution >= 0.6 is 0 Å². The Morgan fingerprint density at radius 2 is 1.59 bits per heavy atom. The van der Waals surface area contributed by atoms with E-state index in [4.69, 9.17) is 5.73 Å². The minimum absolute atomic E-state index is 0.0173. The molecule has 3 rings (SSSR count). The molecule has 2 atom stereocenters. The Hall–Kier alpha value is -3.85. The molecule has 0 aliphatic heterocycles. The summed E-state index contributed by atoms with van der Waals surface area (Å²) < 4.78 is 27.1. The highest BCUT2D eigenvalue weighted by molar-refractivity contribution is 5.90. The minimum Gasteiger partial charge on any atom is -0.384 e. The molecule has 7 nitrogen and oxygen atoms in total. The Kier molecular flexibility index (Phi) is 8.64. The number of carbonyl (C=O) groups is 2. The number of halogens is 2. The lowest BCUT2D eigenvalue weighted by Crippen LogP contribution is -2.53. The van der Waals surface area contributed by atoms with Gasteiger partial charge in [-0.25, -0.2) is 13.8 Å². The molecule has 0 saturated carbocycles. The maximum Gasteiger partial charge on any atom is 0.243 e. The van der Waals surface area contributed by atoms with Crippen molar-refractivity contribution in [2.75, 3.05) is 12.8 Å². The number of nitrogen functional groups attached to an aromatic ring is 1. The molecular weight excluding hydrogens is 440 g/mol. The zero-order valence-electron chi connectivity index (χ0n) is 18.7. The van der Waals surface area contributed by atoms with Crippen molar-refractivity contribution < 1.29 is 18.4 Å². The molecule has 1 aromatic heterocycles. The fourth-order valence-electron chi connectivity index (χ4n) is 3.41. The van der Waals surface area contributed by atoms with Crippen LogP contribution in [0.25, 0.3) is 0 Å². The lowest BCUT2D eigenvalue weighted by molar-refractivity contribution is -0.130. The molecule has 0 unspecified atom stereocenters. The SMILES string of the molecule is CN[C@@H](Cc1ccccc1)C(=O)N[C@H](Cc1ccc(F)c(F)c1)C(=O)NCc1ccc(N)nc1. The molecule has 178 valence electrons. The van der Waals surface area contributed by atoms with E-state index in [1.54, 1.807) is 19.2 Å². The molecule has 0 saturated heterocycles. The van der Waals surface area contributed by atoms with E-state index in [2.05, 4.69) is 20.9 Å². The Morgan fingerprint density at radius 3 is 2.24 bits per heavy atom. The predicted octanol–water partition coefficient (Wildman–Crippen LogP) is 2.12. The van der Waals surface area contributed by atoms with E-state index < -0.39 is 29.6 Å². The van der Waals surface area contributed by atoms with Crippen LogP contribution in [-0.4, -0.2) is 35.9 Å². The molecule has 5 N–H and O–H groups in total. The van der Waals surface area contributed by atoms with Crippen LogP contribution in [0.1, 0.15) is 16.7 Å². The molecule has 2 aromatic carbocycles. The van der Waals surface area contributed by atoms with Crippen molar-refractivity contribution in [1.29, 1.82) is 0 Å². The molecule has 0 bridgehead atoms. The number of likely N-dealkylation sites (N-methyl/N-ethyl adjacent to an activating group) is 1. The van der Waals surface area contributed by atoms with Gasteiger partial charge < -0.3 is 21.7 Å². The van der Waals surface area contributed by atoms with Gasteiger partial charge in [0, 0.05) is 19.2 Å². The number of nitrogens with two attached hydrogens (primary N) is 1. The minimum atomic E-state index is -1.02. The van der Waals surface area contributed by atoms with Crippen LogP contribution in [0.15, 0.2) is 66.9 Å². The average Bonchev–Trinajstić information content (AvgIpc) is 2.84. The number of nitrogens with one attached hydrogen (secondary N) is 3. The third-order valence-corrected chi connectivity index (χ3v) is 5.32. The molecule has 9 heteroatoms. The number of nitrogens with zero attached hydrogens (tertiary/aromatic N) is 1. The van der Waals surface area contributed by atoms with Crippen LogP contribution < -0.4 is 21.7 Å². The summed E-state index contributed by atoms with van der Waals surface area (Å²) in [4.78, 5) is 30.0. The topological polar surface area (TPSA) is 109 Å². The van der Waals surface area contributed by atoms with E-state index in [1.807, 2.05) is 30.3 Å². The lowest BCUT2D eigenvalue weighted by atomic mass is 10.0. The van der Waals surface area contributed by atoms with Crippen LogP contribution in [-0.2, 0) is 29.0 Å². The summed E-state index contributed by atoms with van der Waals surface area (Å²) in [5.41, 5.74) is 7.63. The normalized spacial score (nSPS) is 12.6. The van der Waals surface area contributed by atoms with Crippen LogP contribution in [0.5, 0.6) is 0 Å². The van der Waals surface area contributed by atoms with Gasteiger partial charge in [-0.2, -0.15) is 0 Å². The number of carbonyl (C=O) groups excluding carboxylic acids is 2. The molecule has 34 heavy (non-hydrogen) atoms. The number of anilines is 1. The first kappa shape index (κ1) is 24.8. The molecule has 0 radical (unpaired) electrons. The fourth-order valence-corrected chi connectivity index (χ4v) is 3.41. The smallest absolute Gasteiger partial charge is 0.243 e.